The first kappa shape index (κ1) is 19.2. The molecule has 2 heterocycles. The summed E-state index contributed by atoms with van der Waals surface area (Å²) in [5.74, 6) is 0.586. The van der Waals surface area contributed by atoms with E-state index in [1.54, 1.807) is 4.90 Å². The van der Waals surface area contributed by atoms with E-state index in [9.17, 15) is 4.79 Å². The third-order valence-corrected chi connectivity index (χ3v) is 4.48. The predicted molar refractivity (Wildman–Crippen MR) is 105 cm³/mol. The van der Waals surface area contributed by atoms with Crippen LogP contribution in [-0.2, 0) is 11.2 Å². The topological polar surface area (TPSA) is 51.7 Å². The molecule has 0 saturated carbocycles. The lowest BCUT2D eigenvalue weighted by atomic mass is 10.1. The van der Waals surface area contributed by atoms with E-state index in [4.69, 9.17) is 9.47 Å². The Bertz CT molecular complexity index is 738. The first-order chi connectivity index (χ1) is 12.9. The van der Waals surface area contributed by atoms with Gasteiger partial charge in [-0.25, -0.2) is 9.78 Å². The van der Waals surface area contributed by atoms with Crippen LogP contribution in [0, 0.1) is 0 Å². The van der Waals surface area contributed by atoms with Gasteiger partial charge in [-0.15, -0.1) is 0 Å². The summed E-state index contributed by atoms with van der Waals surface area (Å²) in [7, 11) is 0. The van der Waals surface area contributed by atoms with Gasteiger partial charge in [0.2, 0.25) is 5.88 Å². The first-order valence-electron chi connectivity index (χ1n) is 9.52. The fraction of sp³-hybridized carbons (Fsp3) is 0.455. The Kier molecular flexibility index (Phi) is 5.99. The van der Waals surface area contributed by atoms with E-state index in [0.29, 0.717) is 19.0 Å². The molecule has 3 rings (SSSR count). The zero-order chi connectivity index (χ0) is 19.3. The van der Waals surface area contributed by atoms with Crippen LogP contribution in [-0.4, -0.2) is 40.8 Å². The van der Waals surface area contributed by atoms with Crippen molar-refractivity contribution >= 4 is 6.09 Å². The van der Waals surface area contributed by atoms with Crippen LogP contribution in [0.2, 0.25) is 0 Å². The fourth-order valence-electron chi connectivity index (χ4n) is 3.18. The number of pyridine rings is 1. The van der Waals surface area contributed by atoms with Gasteiger partial charge in [-0.2, -0.15) is 0 Å². The highest BCUT2D eigenvalue weighted by Crippen LogP contribution is 2.22. The summed E-state index contributed by atoms with van der Waals surface area (Å²) in [6.07, 6.45) is 4.33. The molecule has 1 aliphatic heterocycles. The summed E-state index contributed by atoms with van der Waals surface area (Å²) in [4.78, 5) is 18.5. The SMILES string of the molecule is CC(C)(C)OC(=O)N1CCC[C@H]1COc1ccc(Cc2ccccc2)cn1. The van der Waals surface area contributed by atoms with Crippen LogP contribution >= 0.6 is 0 Å². The highest BCUT2D eigenvalue weighted by atomic mass is 16.6. The lowest BCUT2D eigenvalue weighted by Crippen LogP contribution is -2.42. The number of benzene rings is 1. The molecule has 2 aromatic rings. The number of aromatic nitrogens is 1. The molecule has 144 valence electrons. The maximum absolute atomic E-state index is 12.3. The van der Waals surface area contributed by atoms with Crippen LogP contribution < -0.4 is 4.74 Å². The van der Waals surface area contributed by atoms with Crippen molar-refractivity contribution in [3.8, 4) is 5.88 Å². The summed E-state index contributed by atoms with van der Waals surface area (Å²) in [6, 6.07) is 14.3. The maximum atomic E-state index is 12.3. The van der Waals surface area contributed by atoms with Gasteiger partial charge in [-0.05, 0) is 51.2 Å². The number of likely N-dealkylation sites (tertiary alicyclic amines) is 1. The maximum Gasteiger partial charge on any atom is 0.410 e. The standard InChI is InChI=1S/C22H28N2O3/c1-22(2,3)27-21(25)24-13-7-10-19(24)16-26-20-12-11-18(15-23-20)14-17-8-5-4-6-9-17/h4-6,8-9,11-12,15,19H,7,10,13-14,16H2,1-3H3/t19-/m0/s1. The number of ether oxygens (including phenoxy) is 2. The van der Waals surface area contributed by atoms with E-state index in [1.165, 1.54) is 5.56 Å². The van der Waals surface area contributed by atoms with Gasteiger partial charge in [0.1, 0.15) is 12.2 Å². The van der Waals surface area contributed by atoms with Crippen molar-refractivity contribution < 1.29 is 14.3 Å². The highest BCUT2D eigenvalue weighted by molar-refractivity contribution is 5.69. The molecule has 1 atom stereocenters. The molecule has 0 spiro atoms. The fourth-order valence-corrected chi connectivity index (χ4v) is 3.18. The Labute approximate surface area is 161 Å². The number of hydrogen-bond acceptors (Lipinski definition) is 4. The molecule has 0 radical (unpaired) electrons. The van der Waals surface area contributed by atoms with Gasteiger partial charge < -0.3 is 14.4 Å². The summed E-state index contributed by atoms with van der Waals surface area (Å²) in [5, 5.41) is 0. The summed E-state index contributed by atoms with van der Waals surface area (Å²) < 4.78 is 11.3. The van der Waals surface area contributed by atoms with E-state index < -0.39 is 5.60 Å². The van der Waals surface area contributed by atoms with Gasteiger partial charge in [0, 0.05) is 18.8 Å². The third-order valence-electron chi connectivity index (χ3n) is 4.48. The van der Waals surface area contributed by atoms with Gasteiger partial charge in [-0.1, -0.05) is 36.4 Å². The van der Waals surface area contributed by atoms with Crippen molar-refractivity contribution in [3.63, 3.8) is 0 Å². The Morgan fingerprint density at radius 2 is 1.93 bits per heavy atom. The van der Waals surface area contributed by atoms with Gasteiger partial charge in [0.25, 0.3) is 0 Å². The molecule has 1 aromatic carbocycles. The van der Waals surface area contributed by atoms with Gasteiger partial charge in [-0.3, -0.25) is 0 Å². The van der Waals surface area contributed by atoms with Gasteiger partial charge in [0.15, 0.2) is 0 Å². The van der Waals surface area contributed by atoms with E-state index in [0.717, 1.165) is 24.8 Å². The molecule has 5 heteroatoms. The lowest BCUT2D eigenvalue weighted by Gasteiger charge is -2.28. The molecule has 0 N–H and O–H groups in total. The van der Waals surface area contributed by atoms with Crippen molar-refractivity contribution in [2.45, 2.75) is 51.7 Å². The van der Waals surface area contributed by atoms with E-state index in [-0.39, 0.29) is 12.1 Å². The van der Waals surface area contributed by atoms with Crippen molar-refractivity contribution in [1.82, 2.24) is 9.88 Å². The summed E-state index contributed by atoms with van der Waals surface area (Å²) in [6.45, 7) is 6.80. The van der Waals surface area contributed by atoms with Crippen molar-refractivity contribution in [3.05, 3.63) is 59.8 Å². The zero-order valence-electron chi connectivity index (χ0n) is 16.4. The van der Waals surface area contributed by atoms with E-state index >= 15 is 0 Å². The summed E-state index contributed by atoms with van der Waals surface area (Å²) >= 11 is 0. The predicted octanol–water partition coefficient (Wildman–Crippen LogP) is 4.45. The number of hydrogen-bond donors (Lipinski definition) is 0. The van der Waals surface area contributed by atoms with Crippen LogP contribution in [0.5, 0.6) is 5.88 Å². The molecular formula is C22H28N2O3. The third kappa shape index (κ3) is 5.71. The molecular weight excluding hydrogens is 340 g/mol. The normalized spacial score (nSPS) is 17.0. The number of nitrogens with zero attached hydrogens (tertiary/aromatic N) is 2. The first-order valence-corrected chi connectivity index (χ1v) is 9.52. The lowest BCUT2D eigenvalue weighted by molar-refractivity contribution is 0.0186. The second-order valence-corrected chi connectivity index (χ2v) is 7.95. The molecule has 1 fully saturated rings. The molecule has 0 bridgehead atoms. The minimum Gasteiger partial charge on any atom is -0.475 e. The van der Waals surface area contributed by atoms with E-state index in [2.05, 4.69) is 17.1 Å². The number of amides is 1. The van der Waals surface area contributed by atoms with Gasteiger partial charge >= 0.3 is 6.09 Å². The van der Waals surface area contributed by atoms with E-state index in [1.807, 2.05) is 57.3 Å². The molecule has 1 amide bonds. The molecule has 1 saturated heterocycles. The van der Waals surface area contributed by atoms with Crippen molar-refractivity contribution in [1.29, 1.82) is 0 Å². The summed E-state index contributed by atoms with van der Waals surface area (Å²) in [5.41, 5.74) is 1.91. The highest BCUT2D eigenvalue weighted by Gasteiger charge is 2.32. The second kappa shape index (κ2) is 8.42. The quantitative estimate of drug-likeness (QED) is 0.782. The smallest absolute Gasteiger partial charge is 0.410 e. The largest absolute Gasteiger partial charge is 0.475 e. The minimum absolute atomic E-state index is 0.0330. The minimum atomic E-state index is -0.485. The molecule has 27 heavy (non-hydrogen) atoms. The van der Waals surface area contributed by atoms with Crippen molar-refractivity contribution in [2.75, 3.05) is 13.2 Å². The number of rotatable bonds is 5. The second-order valence-electron chi connectivity index (χ2n) is 7.95. The van der Waals surface area contributed by atoms with Gasteiger partial charge in [0.05, 0.1) is 6.04 Å². The average molecular weight is 368 g/mol. The Hall–Kier alpha value is -2.56. The van der Waals surface area contributed by atoms with Crippen LogP contribution in [0.4, 0.5) is 4.79 Å². The van der Waals surface area contributed by atoms with Crippen LogP contribution in [0.1, 0.15) is 44.7 Å². The Balaban J connectivity index is 1.52. The van der Waals surface area contributed by atoms with Crippen molar-refractivity contribution in [2.24, 2.45) is 0 Å². The average Bonchev–Trinajstić information content (AvgIpc) is 3.09. The van der Waals surface area contributed by atoms with Crippen LogP contribution in [0.15, 0.2) is 48.7 Å². The zero-order valence-corrected chi connectivity index (χ0v) is 16.4. The molecule has 1 aromatic heterocycles. The monoisotopic (exact) mass is 368 g/mol. The Morgan fingerprint density at radius 3 is 2.59 bits per heavy atom. The Morgan fingerprint density at radius 1 is 1.15 bits per heavy atom. The molecule has 0 aliphatic carbocycles. The number of carbonyl (C=O) groups excluding carboxylic acids is 1. The number of carbonyl (C=O) groups is 1. The molecule has 0 unspecified atom stereocenters. The van der Waals surface area contributed by atoms with Crippen LogP contribution in [0.3, 0.4) is 0 Å². The molecule has 1 aliphatic rings. The molecule has 5 nitrogen and oxygen atoms in total. The van der Waals surface area contributed by atoms with Crippen LogP contribution in [0.25, 0.3) is 0 Å².